The molecule has 13 heteroatoms. The summed E-state index contributed by atoms with van der Waals surface area (Å²) in [5.74, 6) is 1.33. The summed E-state index contributed by atoms with van der Waals surface area (Å²) in [5.41, 5.74) is 1.54. The van der Waals surface area contributed by atoms with Gasteiger partial charge in [-0.1, -0.05) is 58.0 Å². The van der Waals surface area contributed by atoms with Crippen molar-refractivity contribution in [1.29, 1.82) is 0 Å². The molecule has 5 aromatic rings. The number of aromatic nitrogens is 3. The maximum Gasteiger partial charge on any atom is 0.217 e. The highest BCUT2D eigenvalue weighted by Gasteiger charge is 2.27. The average molecular weight is 667 g/mol. The van der Waals surface area contributed by atoms with E-state index in [1.54, 1.807) is 36.4 Å². The van der Waals surface area contributed by atoms with Gasteiger partial charge in [0.2, 0.25) is 5.16 Å². The molecule has 6 rings (SSSR count). The Morgan fingerprint density at radius 1 is 0.854 bits per heavy atom. The number of rotatable bonds is 6. The van der Waals surface area contributed by atoms with Gasteiger partial charge in [0.15, 0.2) is 5.82 Å². The normalized spacial score (nSPS) is 13.8. The Morgan fingerprint density at radius 3 is 2.41 bits per heavy atom. The van der Waals surface area contributed by atoms with Gasteiger partial charge in [0.25, 0.3) is 0 Å². The number of hydrogen-bond acceptors (Lipinski definition) is 6. The van der Waals surface area contributed by atoms with Gasteiger partial charge in [0.05, 0.1) is 15.1 Å². The molecule has 0 radical (unpaired) electrons. The lowest BCUT2D eigenvalue weighted by molar-refractivity contribution is 0.290. The van der Waals surface area contributed by atoms with Crippen LogP contribution in [0.4, 0.5) is 4.39 Å². The molecule has 3 heterocycles. The van der Waals surface area contributed by atoms with Gasteiger partial charge in [-0.15, -0.1) is 10.2 Å². The molecule has 1 aliphatic rings. The molecule has 0 saturated carbocycles. The van der Waals surface area contributed by atoms with E-state index in [-0.39, 0.29) is 16.7 Å². The van der Waals surface area contributed by atoms with Gasteiger partial charge in [-0.2, -0.15) is 9.78 Å². The van der Waals surface area contributed by atoms with E-state index in [0.29, 0.717) is 59.5 Å². The molecule has 1 aliphatic heterocycles. The molecule has 0 saturated heterocycles. The molecule has 0 spiro atoms. The van der Waals surface area contributed by atoms with E-state index in [1.165, 1.54) is 28.6 Å². The van der Waals surface area contributed by atoms with E-state index in [4.69, 9.17) is 72.3 Å². The topological polar surface area (TPSA) is 65.4 Å². The third kappa shape index (κ3) is 6.00. The van der Waals surface area contributed by atoms with Crippen LogP contribution in [0.2, 0.25) is 25.1 Å². The number of ether oxygens (including phenoxy) is 1. The van der Waals surface area contributed by atoms with E-state index >= 15 is 0 Å². The molecule has 206 valence electrons. The lowest BCUT2D eigenvalue weighted by atomic mass is 10.1. The predicted octanol–water partition coefficient (Wildman–Crippen LogP) is 9.92. The summed E-state index contributed by atoms with van der Waals surface area (Å²) >= 11 is 32.0. The van der Waals surface area contributed by atoms with Crippen molar-refractivity contribution >= 4 is 81.6 Å². The van der Waals surface area contributed by atoms with Gasteiger partial charge in [0.1, 0.15) is 35.4 Å². The number of thioether (sulfide) groups is 1. The molecule has 0 aliphatic carbocycles. The monoisotopic (exact) mass is 664 g/mol. The number of nitrogens with zero attached hydrogens (tertiary/aromatic N) is 4. The number of halogens is 6. The van der Waals surface area contributed by atoms with Crippen molar-refractivity contribution in [3.63, 3.8) is 0 Å². The van der Waals surface area contributed by atoms with Gasteiger partial charge >= 0.3 is 0 Å². The van der Waals surface area contributed by atoms with Crippen LogP contribution in [0.25, 0.3) is 17.4 Å². The van der Waals surface area contributed by atoms with Crippen LogP contribution in [0.5, 0.6) is 5.75 Å². The highest BCUT2D eigenvalue weighted by atomic mass is 35.5. The van der Waals surface area contributed by atoms with Crippen LogP contribution in [0, 0.1) is 5.82 Å². The largest absolute Gasteiger partial charge is 0.484 e. The molecule has 0 bridgehead atoms. The van der Waals surface area contributed by atoms with Crippen molar-refractivity contribution in [3.05, 3.63) is 120 Å². The Morgan fingerprint density at radius 2 is 1.63 bits per heavy atom. The third-order valence-corrected chi connectivity index (χ3v) is 8.21. The molecule has 0 amide bonds. The van der Waals surface area contributed by atoms with E-state index < -0.39 is 5.82 Å². The number of fused-ring (bicyclic) bond motifs is 1. The minimum Gasteiger partial charge on any atom is -0.484 e. The van der Waals surface area contributed by atoms with Crippen LogP contribution in [0.15, 0.2) is 86.3 Å². The summed E-state index contributed by atoms with van der Waals surface area (Å²) in [6, 6.07) is 18.4. The SMILES string of the molecule is Fc1cc(C2=Nn3c(COc4ccc(Cl)cc4Cl)nnc3S/C2=C\c2ccc(-c3ccc(Cl)cc3)o2)c(Cl)cc1Cl. The van der Waals surface area contributed by atoms with Gasteiger partial charge in [-0.3, -0.25) is 0 Å². The van der Waals surface area contributed by atoms with Crippen molar-refractivity contribution in [2.45, 2.75) is 11.8 Å². The maximum atomic E-state index is 14.6. The summed E-state index contributed by atoms with van der Waals surface area (Å²) in [7, 11) is 0. The summed E-state index contributed by atoms with van der Waals surface area (Å²) in [5, 5.41) is 15.3. The molecule has 2 aromatic heterocycles. The molecule has 3 aromatic carbocycles. The summed E-state index contributed by atoms with van der Waals surface area (Å²) in [6.45, 7) is -0.00388. The molecule has 6 nitrogen and oxygen atoms in total. The zero-order valence-electron chi connectivity index (χ0n) is 20.4. The van der Waals surface area contributed by atoms with Crippen LogP contribution in [-0.2, 0) is 6.61 Å². The number of allylic oxidation sites excluding steroid dienone is 1. The number of hydrogen-bond donors (Lipinski definition) is 0. The second kappa shape index (κ2) is 11.7. The van der Waals surface area contributed by atoms with Crippen molar-refractivity contribution in [2.24, 2.45) is 5.10 Å². The van der Waals surface area contributed by atoms with E-state index in [0.717, 1.165) is 5.56 Å². The predicted molar refractivity (Wildman–Crippen MR) is 162 cm³/mol. The van der Waals surface area contributed by atoms with Crippen LogP contribution in [0.3, 0.4) is 0 Å². The van der Waals surface area contributed by atoms with Crippen LogP contribution in [0.1, 0.15) is 17.1 Å². The van der Waals surface area contributed by atoms with Crippen LogP contribution >= 0.6 is 69.8 Å². The first-order valence-corrected chi connectivity index (χ1v) is 14.5. The zero-order chi connectivity index (χ0) is 28.7. The van der Waals surface area contributed by atoms with E-state index in [2.05, 4.69) is 10.2 Å². The molecular formula is C28H14Cl5FN4O2S. The first-order valence-electron chi connectivity index (χ1n) is 11.8. The Hall–Kier alpha value is -2.98. The Kier molecular flexibility index (Phi) is 8.05. The van der Waals surface area contributed by atoms with Gasteiger partial charge < -0.3 is 9.15 Å². The van der Waals surface area contributed by atoms with Crippen LogP contribution in [-0.4, -0.2) is 20.6 Å². The molecule has 0 atom stereocenters. The van der Waals surface area contributed by atoms with Gasteiger partial charge in [0, 0.05) is 26.1 Å². The van der Waals surface area contributed by atoms with E-state index in [1.807, 2.05) is 24.3 Å². The highest BCUT2D eigenvalue weighted by molar-refractivity contribution is 8.04. The first-order chi connectivity index (χ1) is 19.7. The summed E-state index contributed by atoms with van der Waals surface area (Å²) in [4.78, 5) is 0.596. The quantitative estimate of drug-likeness (QED) is 0.169. The number of benzene rings is 3. The standard InChI is InChI=1S/C28H14Cl5FN4O2S/c29-15-3-1-14(2-4-15)23-8-6-17(40-23)10-25-27(18-11-22(34)20(32)12-19(18)31)37-38-26(35-36-28(38)41-25)13-39-24-7-5-16(30)9-21(24)33/h1-12H,13H2/b25-10-. The summed E-state index contributed by atoms with van der Waals surface area (Å²) < 4.78 is 28.0. The molecule has 0 N–H and O–H groups in total. The fourth-order valence-electron chi connectivity index (χ4n) is 3.90. The Balaban J connectivity index is 1.38. The van der Waals surface area contributed by atoms with E-state index in [9.17, 15) is 4.39 Å². The third-order valence-electron chi connectivity index (χ3n) is 5.86. The fourth-order valence-corrected chi connectivity index (χ4v) is 5.89. The van der Waals surface area contributed by atoms with Gasteiger partial charge in [-0.25, -0.2) is 4.39 Å². The average Bonchev–Trinajstić information content (AvgIpc) is 3.57. The maximum absolute atomic E-state index is 14.6. The highest BCUT2D eigenvalue weighted by Crippen LogP contribution is 2.38. The Labute approximate surface area is 262 Å². The number of furan rings is 1. The zero-order valence-corrected chi connectivity index (χ0v) is 25.0. The minimum atomic E-state index is -0.642. The molecule has 0 unspecified atom stereocenters. The van der Waals surface area contributed by atoms with Crippen molar-refractivity contribution < 1.29 is 13.5 Å². The van der Waals surface area contributed by atoms with Crippen LogP contribution < -0.4 is 4.74 Å². The smallest absolute Gasteiger partial charge is 0.217 e. The molecular weight excluding hydrogens is 653 g/mol. The fraction of sp³-hybridized carbons (Fsp3) is 0.0357. The minimum absolute atomic E-state index is 0.00388. The molecule has 41 heavy (non-hydrogen) atoms. The van der Waals surface area contributed by atoms with Crippen molar-refractivity contribution in [1.82, 2.24) is 14.9 Å². The lowest BCUT2D eigenvalue weighted by Gasteiger charge is -2.18. The second-order valence-electron chi connectivity index (χ2n) is 8.59. The van der Waals surface area contributed by atoms with Gasteiger partial charge in [-0.05, 0) is 84.6 Å². The second-order valence-corrected chi connectivity index (χ2v) is 11.7. The van der Waals surface area contributed by atoms with Crippen molar-refractivity contribution in [2.75, 3.05) is 0 Å². The summed E-state index contributed by atoms with van der Waals surface area (Å²) in [6.07, 6.45) is 1.77. The Bertz CT molecular complexity index is 1850. The van der Waals surface area contributed by atoms with Crippen molar-refractivity contribution in [3.8, 4) is 17.1 Å². The first kappa shape index (κ1) is 28.2. The lowest BCUT2D eigenvalue weighted by Crippen LogP contribution is -2.15. The molecule has 0 fully saturated rings.